The first-order chi connectivity index (χ1) is 9.71. The molecule has 2 aromatic rings. The van der Waals surface area contributed by atoms with Gasteiger partial charge in [0.25, 0.3) is 0 Å². The molecule has 1 atom stereocenters. The fourth-order valence-electron chi connectivity index (χ4n) is 1.86. The molecule has 108 valence electrons. The van der Waals surface area contributed by atoms with E-state index in [4.69, 9.17) is 5.84 Å². The molecule has 0 aliphatic heterocycles. The van der Waals surface area contributed by atoms with Crippen molar-refractivity contribution in [3.63, 3.8) is 0 Å². The fourth-order valence-corrected chi connectivity index (χ4v) is 3.06. The maximum atomic E-state index is 5.65. The Morgan fingerprint density at radius 1 is 1.40 bits per heavy atom. The average Bonchev–Trinajstić information content (AvgIpc) is 2.93. The van der Waals surface area contributed by atoms with Crippen molar-refractivity contribution in [2.75, 3.05) is 5.75 Å². The minimum absolute atomic E-state index is 0.234. The number of aromatic nitrogens is 2. The predicted octanol–water partition coefficient (Wildman–Crippen LogP) is 2.83. The molecule has 4 nitrogen and oxygen atoms in total. The molecule has 2 rings (SSSR count). The molecule has 1 unspecified atom stereocenters. The Morgan fingerprint density at radius 2 is 2.15 bits per heavy atom. The molecule has 0 aliphatic carbocycles. The average molecular weight is 355 g/mol. The van der Waals surface area contributed by atoms with Crippen molar-refractivity contribution in [3.8, 4) is 0 Å². The van der Waals surface area contributed by atoms with Crippen molar-refractivity contribution in [1.29, 1.82) is 0 Å². The molecule has 20 heavy (non-hydrogen) atoms. The second-order valence-corrected chi connectivity index (χ2v) is 6.55. The van der Waals surface area contributed by atoms with Crippen LogP contribution < -0.4 is 11.3 Å². The van der Waals surface area contributed by atoms with Crippen LogP contribution in [0.3, 0.4) is 0 Å². The first-order valence-electron chi connectivity index (χ1n) is 6.57. The van der Waals surface area contributed by atoms with E-state index in [2.05, 4.69) is 63.8 Å². The smallest absolute Gasteiger partial charge is 0.0522 e. The molecule has 0 aliphatic rings. The second kappa shape index (κ2) is 7.83. The monoisotopic (exact) mass is 354 g/mol. The Labute approximate surface area is 132 Å². The van der Waals surface area contributed by atoms with E-state index in [0.29, 0.717) is 0 Å². The molecule has 0 fully saturated rings. The number of nitrogens with zero attached hydrogens (tertiary/aromatic N) is 2. The van der Waals surface area contributed by atoms with Crippen molar-refractivity contribution in [3.05, 3.63) is 46.7 Å². The largest absolute Gasteiger partial charge is 0.273 e. The summed E-state index contributed by atoms with van der Waals surface area (Å²) in [5.74, 6) is 6.58. The number of aryl methyl sites for hydroxylation is 1. The number of hydrogen-bond donors (Lipinski definition) is 2. The van der Waals surface area contributed by atoms with Gasteiger partial charge in [0.2, 0.25) is 0 Å². The highest BCUT2D eigenvalue weighted by Gasteiger charge is 2.10. The Hall–Kier alpha value is -0.820. The molecular weight excluding hydrogens is 336 g/mol. The van der Waals surface area contributed by atoms with Gasteiger partial charge in [-0.3, -0.25) is 16.0 Å². The highest BCUT2D eigenvalue weighted by molar-refractivity contribution is 9.10. The van der Waals surface area contributed by atoms with Crippen LogP contribution in [0, 0.1) is 0 Å². The van der Waals surface area contributed by atoms with E-state index in [1.165, 1.54) is 10.5 Å². The Kier molecular flexibility index (Phi) is 6.09. The first-order valence-corrected chi connectivity index (χ1v) is 8.35. The van der Waals surface area contributed by atoms with Crippen LogP contribution >= 0.6 is 27.7 Å². The molecule has 0 saturated carbocycles. The molecule has 0 saturated heterocycles. The van der Waals surface area contributed by atoms with Gasteiger partial charge in [0.1, 0.15) is 0 Å². The molecular formula is C14H19BrN4S. The van der Waals surface area contributed by atoms with E-state index < -0.39 is 0 Å². The molecule has 1 heterocycles. The maximum absolute atomic E-state index is 5.65. The van der Waals surface area contributed by atoms with Gasteiger partial charge in [-0.2, -0.15) is 5.10 Å². The number of rotatable bonds is 7. The number of benzene rings is 1. The fraction of sp³-hybridized carbons (Fsp3) is 0.357. The topological polar surface area (TPSA) is 55.9 Å². The second-order valence-electron chi connectivity index (χ2n) is 4.54. The molecule has 0 radical (unpaired) electrons. The zero-order valence-electron chi connectivity index (χ0n) is 11.4. The van der Waals surface area contributed by atoms with Gasteiger partial charge in [-0.15, -0.1) is 11.8 Å². The molecule has 0 spiro atoms. The van der Waals surface area contributed by atoms with Crippen molar-refractivity contribution in [2.45, 2.75) is 30.8 Å². The summed E-state index contributed by atoms with van der Waals surface area (Å²) in [5.41, 5.74) is 4.11. The SMILES string of the molecule is CCn1cc(CC(CSc2ccc(Br)cc2)NN)cn1. The summed E-state index contributed by atoms with van der Waals surface area (Å²) in [5, 5.41) is 4.29. The van der Waals surface area contributed by atoms with Gasteiger partial charge < -0.3 is 0 Å². The summed E-state index contributed by atoms with van der Waals surface area (Å²) in [4.78, 5) is 1.25. The number of halogens is 1. The molecule has 0 bridgehead atoms. The zero-order chi connectivity index (χ0) is 14.4. The third kappa shape index (κ3) is 4.63. The van der Waals surface area contributed by atoms with Gasteiger partial charge in [-0.25, -0.2) is 0 Å². The van der Waals surface area contributed by atoms with E-state index in [-0.39, 0.29) is 6.04 Å². The molecule has 1 aromatic heterocycles. The Morgan fingerprint density at radius 3 is 2.75 bits per heavy atom. The van der Waals surface area contributed by atoms with Crippen LogP contribution in [0.4, 0.5) is 0 Å². The minimum atomic E-state index is 0.234. The van der Waals surface area contributed by atoms with Crippen LogP contribution in [0.25, 0.3) is 0 Å². The Bertz CT molecular complexity index is 526. The van der Waals surface area contributed by atoms with E-state index in [0.717, 1.165) is 23.2 Å². The highest BCUT2D eigenvalue weighted by atomic mass is 79.9. The number of thioether (sulfide) groups is 1. The van der Waals surface area contributed by atoms with Crippen LogP contribution in [0.1, 0.15) is 12.5 Å². The number of nitrogens with one attached hydrogen (secondary N) is 1. The maximum Gasteiger partial charge on any atom is 0.0522 e. The van der Waals surface area contributed by atoms with Crippen LogP contribution in [-0.4, -0.2) is 21.6 Å². The van der Waals surface area contributed by atoms with Gasteiger partial charge in [0.05, 0.1) is 6.20 Å². The summed E-state index contributed by atoms with van der Waals surface area (Å²) < 4.78 is 3.03. The van der Waals surface area contributed by atoms with Gasteiger partial charge >= 0.3 is 0 Å². The van der Waals surface area contributed by atoms with Gasteiger partial charge in [0, 0.05) is 33.9 Å². The first kappa shape index (κ1) is 15.6. The summed E-state index contributed by atoms with van der Waals surface area (Å²) in [7, 11) is 0. The zero-order valence-corrected chi connectivity index (χ0v) is 13.8. The van der Waals surface area contributed by atoms with Crippen LogP contribution in [0.15, 0.2) is 46.0 Å². The lowest BCUT2D eigenvalue weighted by molar-refractivity contribution is 0.574. The van der Waals surface area contributed by atoms with Crippen LogP contribution in [0.5, 0.6) is 0 Å². The number of hydrogen-bond acceptors (Lipinski definition) is 4. The molecule has 0 amide bonds. The van der Waals surface area contributed by atoms with Gasteiger partial charge in [0.15, 0.2) is 0 Å². The summed E-state index contributed by atoms with van der Waals surface area (Å²) >= 11 is 5.24. The van der Waals surface area contributed by atoms with Crippen molar-refractivity contribution in [2.24, 2.45) is 5.84 Å². The van der Waals surface area contributed by atoms with Crippen LogP contribution in [-0.2, 0) is 13.0 Å². The van der Waals surface area contributed by atoms with E-state index >= 15 is 0 Å². The summed E-state index contributed by atoms with van der Waals surface area (Å²) in [6.45, 7) is 2.98. The van der Waals surface area contributed by atoms with E-state index in [1.54, 1.807) is 11.8 Å². The molecule has 3 N–H and O–H groups in total. The molecule has 6 heteroatoms. The third-order valence-corrected chi connectivity index (χ3v) is 4.70. The highest BCUT2D eigenvalue weighted by Crippen LogP contribution is 2.21. The van der Waals surface area contributed by atoms with Crippen LogP contribution in [0.2, 0.25) is 0 Å². The summed E-state index contributed by atoms with van der Waals surface area (Å²) in [6, 6.07) is 8.56. The predicted molar refractivity (Wildman–Crippen MR) is 87.6 cm³/mol. The van der Waals surface area contributed by atoms with E-state index in [9.17, 15) is 0 Å². The van der Waals surface area contributed by atoms with Crippen molar-refractivity contribution in [1.82, 2.24) is 15.2 Å². The third-order valence-electron chi connectivity index (χ3n) is 2.99. The number of hydrazine groups is 1. The van der Waals surface area contributed by atoms with E-state index in [1.807, 2.05) is 10.9 Å². The normalized spacial score (nSPS) is 12.6. The van der Waals surface area contributed by atoms with Gasteiger partial charge in [-0.05, 0) is 43.2 Å². The Balaban J connectivity index is 1.87. The summed E-state index contributed by atoms with van der Waals surface area (Å²) in [6.07, 6.45) is 4.88. The standard InChI is InChI=1S/C14H19BrN4S/c1-2-19-9-11(8-17-19)7-13(18-16)10-20-14-5-3-12(15)4-6-14/h3-6,8-9,13,18H,2,7,10,16H2,1H3. The van der Waals surface area contributed by atoms with Crippen molar-refractivity contribution >= 4 is 27.7 Å². The lowest BCUT2D eigenvalue weighted by Crippen LogP contribution is -2.38. The van der Waals surface area contributed by atoms with Crippen molar-refractivity contribution < 1.29 is 0 Å². The quantitative estimate of drug-likeness (QED) is 0.456. The van der Waals surface area contributed by atoms with Gasteiger partial charge in [-0.1, -0.05) is 15.9 Å². The number of nitrogens with two attached hydrogens (primary N) is 1. The lowest BCUT2D eigenvalue weighted by atomic mass is 10.1. The minimum Gasteiger partial charge on any atom is -0.273 e. The molecule has 1 aromatic carbocycles. The lowest BCUT2D eigenvalue weighted by Gasteiger charge is -2.14.